The van der Waals surface area contributed by atoms with Gasteiger partial charge in [-0.15, -0.1) is 10.2 Å². The molecule has 1 fully saturated rings. The van der Waals surface area contributed by atoms with Gasteiger partial charge in [-0.1, -0.05) is 0 Å². The first kappa shape index (κ1) is 20.9. The molecule has 0 spiro atoms. The summed E-state index contributed by atoms with van der Waals surface area (Å²) in [5, 5.41) is 19.1. The van der Waals surface area contributed by atoms with Crippen molar-refractivity contribution in [1.82, 2.24) is 34.1 Å². The van der Waals surface area contributed by atoms with E-state index in [0.29, 0.717) is 63.1 Å². The maximum atomic E-state index is 13.1. The monoisotopic (exact) mass is 439 g/mol. The predicted octanol–water partition coefficient (Wildman–Crippen LogP) is 1.33. The van der Waals surface area contributed by atoms with E-state index in [-0.39, 0.29) is 18.1 Å². The fourth-order valence-corrected chi connectivity index (χ4v) is 4.75. The Labute approximate surface area is 186 Å². The molecule has 5 heterocycles. The van der Waals surface area contributed by atoms with Crippen LogP contribution in [0.2, 0.25) is 0 Å². The average Bonchev–Trinajstić information content (AvgIpc) is 3.55. The summed E-state index contributed by atoms with van der Waals surface area (Å²) in [5.74, 6) is 2.74. The first-order valence-electron chi connectivity index (χ1n) is 11.2. The number of aliphatic hydroxyl groups excluding tert-OH is 1. The van der Waals surface area contributed by atoms with E-state index < -0.39 is 0 Å². The van der Waals surface area contributed by atoms with E-state index in [0.717, 1.165) is 11.6 Å². The average molecular weight is 440 g/mol. The number of nitrogens with zero attached hydrogens (tertiary/aromatic N) is 7. The molecule has 0 aromatic carbocycles. The largest absolute Gasteiger partial charge is 0.454 e. The van der Waals surface area contributed by atoms with E-state index in [1.165, 1.54) is 0 Å². The van der Waals surface area contributed by atoms with Gasteiger partial charge in [-0.3, -0.25) is 9.69 Å². The predicted molar refractivity (Wildman–Crippen MR) is 115 cm³/mol. The number of carbonyl (C=O) groups is 1. The van der Waals surface area contributed by atoms with Crippen LogP contribution in [0, 0.1) is 0 Å². The molecule has 10 nitrogen and oxygen atoms in total. The van der Waals surface area contributed by atoms with Crippen LogP contribution < -0.4 is 0 Å². The van der Waals surface area contributed by atoms with Gasteiger partial charge in [-0.05, 0) is 32.4 Å². The minimum Gasteiger partial charge on any atom is -0.454 e. The van der Waals surface area contributed by atoms with E-state index >= 15 is 0 Å². The number of fused-ring (bicyclic) bond motifs is 1. The minimum atomic E-state index is -0.352. The highest BCUT2D eigenvalue weighted by molar-refractivity contribution is 5.91. The molecule has 0 saturated carbocycles. The van der Waals surface area contributed by atoms with Crippen molar-refractivity contribution in [2.24, 2.45) is 0 Å². The van der Waals surface area contributed by atoms with Crippen LogP contribution in [0.5, 0.6) is 0 Å². The molecule has 2 aliphatic heterocycles. The molecule has 1 N–H and O–H groups in total. The maximum Gasteiger partial charge on any atom is 0.289 e. The lowest BCUT2D eigenvalue weighted by atomic mass is 10.1. The second kappa shape index (κ2) is 8.51. The lowest BCUT2D eigenvalue weighted by molar-refractivity contribution is 0.0724. The van der Waals surface area contributed by atoms with Crippen molar-refractivity contribution >= 4 is 5.91 Å². The first-order chi connectivity index (χ1) is 15.5. The molecule has 2 aliphatic rings. The van der Waals surface area contributed by atoms with E-state index in [4.69, 9.17) is 4.42 Å². The van der Waals surface area contributed by atoms with Crippen LogP contribution in [0.25, 0.3) is 0 Å². The Morgan fingerprint density at radius 3 is 2.91 bits per heavy atom. The Kier molecular flexibility index (Phi) is 5.56. The number of imidazole rings is 1. The second-order valence-corrected chi connectivity index (χ2v) is 8.87. The number of aliphatic hydroxyl groups is 1. The third-order valence-electron chi connectivity index (χ3n) is 6.39. The minimum absolute atomic E-state index is 0.0457. The smallest absolute Gasteiger partial charge is 0.289 e. The molecule has 0 aliphatic carbocycles. The molecule has 2 atom stereocenters. The molecule has 3 aromatic rings. The van der Waals surface area contributed by atoms with Crippen molar-refractivity contribution in [1.29, 1.82) is 0 Å². The molecule has 3 aromatic heterocycles. The van der Waals surface area contributed by atoms with Gasteiger partial charge >= 0.3 is 0 Å². The lowest BCUT2D eigenvalue weighted by Gasteiger charge is -2.27. The summed E-state index contributed by atoms with van der Waals surface area (Å²) in [6, 6.07) is 3.93. The highest BCUT2D eigenvalue weighted by Crippen LogP contribution is 2.33. The number of furan rings is 1. The molecule has 1 amide bonds. The normalized spacial score (nSPS) is 21.8. The molecular formula is C22H29N7O3. The molecule has 5 rings (SSSR count). The van der Waals surface area contributed by atoms with Crippen molar-refractivity contribution in [3.63, 3.8) is 0 Å². The summed E-state index contributed by atoms with van der Waals surface area (Å²) in [4.78, 5) is 21.2. The van der Waals surface area contributed by atoms with Crippen molar-refractivity contribution in [3.8, 4) is 0 Å². The molecule has 1 saturated heterocycles. The number of aromatic nitrogens is 5. The summed E-state index contributed by atoms with van der Waals surface area (Å²) in [5.41, 5.74) is 0. The van der Waals surface area contributed by atoms with Crippen LogP contribution in [0.3, 0.4) is 0 Å². The zero-order valence-corrected chi connectivity index (χ0v) is 18.5. The van der Waals surface area contributed by atoms with E-state index in [1.807, 2.05) is 21.7 Å². The van der Waals surface area contributed by atoms with Crippen LogP contribution in [-0.2, 0) is 19.5 Å². The summed E-state index contributed by atoms with van der Waals surface area (Å²) in [6.07, 6.45) is 6.23. The van der Waals surface area contributed by atoms with Gasteiger partial charge in [0.1, 0.15) is 11.6 Å². The van der Waals surface area contributed by atoms with Crippen LogP contribution in [0.15, 0.2) is 35.3 Å². The quantitative estimate of drug-likeness (QED) is 0.639. The maximum absolute atomic E-state index is 13.1. The molecule has 0 radical (unpaired) electrons. The van der Waals surface area contributed by atoms with Gasteiger partial charge in [-0.2, -0.15) is 0 Å². The molecule has 10 heteroatoms. The van der Waals surface area contributed by atoms with Crippen molar-refractivity contribution in [3.05, 3.63) is 54.0 Å². The molecule has 0 bridgehead atoms. The number of β-amino-alcohol motifs (C(OH)–C–C–N with tert-alkyl or cyclic N) is 1. The summed E-state index contributed by atoms with van der Waals surface area (Å²) < 4.78 is 9.85. The SMILES string of the molecule is CC(C)N1C[C@H](O)C[C@H]1c1nnc2n1CCN(C(=O)c1ccc(Cn3ccnc3)o1)CC2. The molecule has 0 unspecified atom stereocenters. The number of amides is 1. The Balaban J connectivity index is 1.28. The summed E-state index contributed by atoms with van der Waals surface area (Å²) >= 11 is 0. The number of carbonyl (C=O) groups excluding carboxylic acids is 1. The summed E-state index contributed by atoms with van der Waals surface area (Å²) in [6.45, 7) is 7.21. The first-order valence-corrected chi connectivity index (χ1v) is 11.2. The zero-order valence-electron chi connectivity index (χ0n) is 18.5. The Hall–Kier alpha value is -2.98. The Bertz CT molecular complexity index is 1070. The van der Waals surface area contributed by atoms with Crippen LogP contribution in [0.4, 0.5) is 0 Å². The highest BCUT2D eigenvalue weighted by atomic mass is 16.4. The highest BCUT2D eigenvalue weighted by Gasteiger charge is 2.37. The van der Waals surface area contributed by atoms with Crippen molar-refractivity contribution in [2.75, 3.05) is 19.6 Å². The van der Waals surface area contributed by atoms with Crippen molar-refractivity contribution in [2.45, 2.75) is 58.0 Å². The van der Waals surface area contributed by atoms with Gasteiger partial charge in [0.25, 0.3) is 5.91 Å². The number of rotatable bonds is 5. The second-order valence-electron chi connectivity index (χ2n) is 8.87. The Morgan fingerprint density at radius 1 is 1.25 bits per heavy atom. The van der Waals surface area contributed by atoms with Gasteiger partial charge in [-0.25, -0.2) is 4.98 Å². The molecular weight excluding hydrogens is 410 g/mol. The number of hydrogen-bond acceptors (Lipinski definition) is 7. The fourth-order valence-electron chi connectivity index (χ4n) is 4.75. The molecule has 170 valence electrons. The molecule has 32 heavy (non-hydrogen) atoms. The topological polar surface area (TPSA) is 105 Å². The standard InChI is InChI=1S/C22H29N7O3/c1-15(2)29-12-16(30)11-18(29)21-25-24-20-5-7-27(9-10-28(20)21)22(31)19-4-3-17(32-19)13-26-8-6-23-14-26/h3-4,6,8,14-16,18,30H,5,7,9-13H2,1-2H3/t16-,18+/m1/s1. The lowest BCUT2D eigenvalue weighted by Crippen LogP contribution is -2.34. The van der Waals surface area contributed by atoms with Gasteiger partial charge in [0, 0.05) is 51.0 Å². The van der Waals surface area contributed by atoms with Crippen molar-refractivity contribution < 1.29 is 14.3 Å². The van der Waals surface area contributed by atoms with E-state index in [1.54, 1.807) is 18.6 Å². The van der Waals surface area contributed by atoms with E-state index in [2.05, 4.69) is 38.5 Å². The fraction of sp³-hybridized carbons (Fsp3) is 0.545. The third-order valence-corrected chi connectivity index (χ3v) is 6.39. The van der Waals surface area contributed by atoms with Crippen LogP contribution in [0.1, 0.15) is 54.3 Å². The Morgan fingerprint density at radius 2 is 2.12 bits per heavy atom. The third kappa shape index (κ3) is 3.95. The number of hydrogen-bond donors (Lipinski definition) is 1. The summed E-state index contributed by atoms with van der Waals surface area (Å²) in [7, 11) is 0. The van der Waals surface area contributed by atoms with E-state index in [9.17, 15) is 9.90 Å². The number of likely N-dealkylation sites (tertiary alicyclic amines) is 1. The van der Waals surface area contributed by atoms with Gasteiger partial charge in [0.15, 0.2) is 11.6 Å². The van der Waals surface area contributed by atoms with Gasteiger partial charge < -0.3 is 23.6 Å². The van der Waals surface area contributed by atoms with Gasteiger partial charge in [0.05, 0.1) is 25.0 Å². The van der Waals surface area contributed by atoms with Crippen LogP contribution >= 0.6 is 0 Å². The van der Waals surface area contributed by atoms with Crippen LogP contribution in [-0.4, -0.2) is 76.9 Å². The van der Waals surface area contributed by atoms with Gasteiger partial charge in [0.2, 0.25) is 0 Å². The zero-order chi connectivity index (χ0) is 22.2.